The molecule has 4 aromatic rings. The zero-order valence-electron chi connectivity index (χ0n) is 18.7. The Morgan fingerprint density at radius 3 is 2.32 bits per heavy atom. The Bertz CT molecular complexity index is 1270. The fraction of sp³-hybridized carbons (Fsp3) is 0.154. The number of nitrogen functional groups attached to an aromatic ring is 1. The van der Waals surface area contributed by atoms with Crippen LogP contribution in [-0.4, -0.2) is 29.7 Å². The van der Waals surface area contributed by atoms with Crippen molar-refractivity contribution in [3.63, 3.8) is 0 Å². The first kappa shape index (κ1) is 23.0. The zero-order chi connectivity index (χ0) is 24.1. The molecule has 0 amide bonds. The Balaban J connectivity index is 0.00000133. The normalized spacial score (nSPS) is 14.3. The Labute approximate surface area is 197 Å². The molecule has 0 spiro atoms. The molecular weight excluding hydrogens is 433 g/mol. The summed E-state index contributed by atoms with van der Waals surface area (Å²) < 4.78 is 20.7. The van der Waals surface area contributed by atoms with Crippen LogP contribution in [0.2, 0.25) is 0 Å². The lowest BCUT2D eigenvalue weighted by Gasteiger charge is -2.27. The van der Waals surface area contributed by atoms with Crippen LogP contribution >= 0.6 is 0 Å². The number of hydrogen-bond acceptors (Lipinski definition) is 6. The zero-order valence-corrected chi connectivity index (χ0v) is 18.7. The van der Waals surface area contributed by atoms with Crippen LogP contribution in [0.3, 0.4) is 0 Å². The number of carbonyl (C=O) groups is 1. The first-order valence-corrected chi connectivity index (χ1v) is 10.9. The lowest BCUT2D eigenvalue weighted by Crippen LogP contribution is -2.25. The first-order valence-electron chi connectivity index (χ1n) is 10.9. The number of rotatable bonds is 5. The highest BCUT2D eigenvalue weighted by Crippen LogP contribution is 2.38. The molecule has 34 heavy (non-hydrogen) atoms. The molecule has 0 fully saturated rings. The summed E-state index contributed by atoms with van der Waals surface area (Å²) in [5, 5.41) is 8.11. The molecule has 8 heteroatoms. The summed E-state index contributed by atoms with van der Waals surface area (Å²) in [7, 11) is 1.50. The van der Waals surface area contributed by atoms with Crippen LogP contribution < -0.4 is 21.5 Å². The second-order valence-corrected chi connectivity index (χ2v) is 7.61. The van der Waals surface area contributed by atoms with E-state index in [4.69, 9.17) is 15.6 Å². The fourth-order valence-corrected chi connectivity index (χ4v) is 4.04. The number of nitrogens with two attached hydrogens (primary N) is 2. The highest BCUT2D eigenvalue weighted by Gasteiger charge is 2.28. The number of anilines is 2. The van der Waals surface area contributed by atoms with Gasteiger partial charge in [0.15, 0.2) is 6.29 Å². The third kappa shape index (κ3) is 4.49. The van der Waals surface area contributed by atoms with Gasteiger partial charge in [-0.3, -0.25) is 4.79 Å². The molecular formula is C26H26FN5O2. The number of carbonyl (C=O) groups excluding carboxylic acids is 1. The maximum atomic E-state index is 13.1. The predicted octanol–water partition coefficient (Wildman–Crippen LogP) is 4.86. The van der Waals surface area contributed by atoms with E-state index >= 15 is 0 Å². The van der Waals surface area contributed by atoms with Crippen LogP contribution in [-0.2, 0) is 0 Å². The molecule has 0 saturated heterocycles. The standard InChI is InChI=1S/C25H21FN4O2.CH5N/c26-17-7-11-19(12-8-17)32-18-9-5-16(6-10-18)24-21(15-31)25-28-14-13-23(30(25)29-24)20-3-1-2-4-22(20)27;1-2/h1-12,15,23,28H,13-14,27H2;2H2,1H3. The van der Waals surface area contributed by atoms with Crippen LogP contribution in [0.1, 0.15) is 28.4 Å². The van der Waals surface area contributed by atoms with E-state index in [0.29, 0.717) is 34.3 Å². The minimum absolute atomic E-state index is 0.0546. The van der Waals surface area contributed by atoms with Gasteiger partial charge in [-0.25, -0.2) is 9.07 Å². The molecule has 0 aliphatic carbocycles. The van der Waals surface area contributed by atoms with Gasteiger partial charge in [-0.2, -0.15) is 5.10 Å². The first-order chi connectivity index (χ1) is 16.6. The second kappa shape index (κ2) is 10.2. The Hall–Kier alpha value is -4.17. The van der Waals surface area contributed by atoms with Gasteiger partial charge in [-0.1, -0.05) is 18.2 Å². The van der Waals surface area contributed by atoms with Crippen molar-refractivity contribution in [3.8, 4) is 22.8 Å². The Kier molecular flexibility index (Phi) is 6.89. The fourth-order valence-electron chi connectivity index (χ4n) is 4.04. The highest BCUT2D eigenvalue weighted by atomic mass is 19.1. The maximum Gasteiger partial charge on any atom is 0.156 e. The monoisotopic (exact) mass is 459 g/mol. The average Bonchev–Trinajstić information content (AvgIpc) is 3.26. The van der Waals surface area contributed by atoms with Gasteiger partial charge in [0, 0.05) is 17.8 Å². The van der Waals surface area contributed by atoms with Crippen molar-refractivity contribution in [1.82, 2.24) is 9.78 Å². The molecule has 1 aromatic heterocycles. The van der Waals surface area contributed by atoms with E-state index in [9.17, 15) is 9.18 Å². The number of halogens is 1. The number of nitrogens with one attached hydrogen (secondary N) is 1. The van der Waals surface area contributed by atoms with Crippen molar-refractivity contribution >= 4 is 17.8 Å². The molecule has 5 rings (SSSR count). The van der Waals surface area contributed by atoms with E-state index in [2.05, 4.69) is 11.1 Å². The number of ether oxygens (including phenoxy) is 1. The molecule has 1 atom stereocenters. The van der Waals surface area contributed by atoms with Gasteiger partial charge >= 0.3 is 0 Å². The number of aldehydes is 1. The van der Waals surface area contributed by atoms with E-state index in [-0.39, 0.29) is 11.9 Å². The van der Waals surface area contributed by atoms with Gasteiger partial charge < -0.3 is 21.5 Å². The Morgan fingerprint density at radius 1 is 1.03 bits per heavy atom. The van der Waals surface area contributed by atoms with Gasteiger partial charge in [-0.15, -0.1) is 0 Å². The topological polar surface area (TPSA) is 108 Å². The quantitative estimate of drug-likeness (QED) is 0.291. The molecule has 1 aliphatic rings. The minimum atomic E-state index is -0.318. The van der Waals surface area contributed by atoms with Crippen molar-refractivity contribution < 1.29 is 13.9 Å². The third-order valence-electron chi connectivity index (χ3n) is 5.60. The molecule has 1 aliphatic heterocycles. The number of aromatic nitrogens is 2. The van der Waals surface area contributed by atoms with Gasteiger partial charge in [-0.05, 0) is 73.6 Å². The van der Waals surface area contributed by atoms with Gasteiger partial charge in [0.1, 0.15) is 28.8 Å². The lowest BCUT2D eigenvalue weighted by molar-refractivity contribution is 0.112. The summed E-state index contributed by atoms with van der Waals surface area (Å²) in [6, 6.07) is 20.8. The summed E-state index contributed by atoms with van der Waals surface area (Å²) in [6.45, 7) is 0.718. The SMILES string of the molecule is CN.Nc1ccccc1C1CCNc2c(C=O)c(-c3ccc(Oc4ccc(F)cc4)cc3)nn21. The Morgan fingerprint density at radius 2 is 1.68 bits per heavy atom. The molecule has 5 N–H and O–H groups in total. The van der Waals surface area contributed by atoms with Crippen molar-refractivity contribution in [2.75, 3.05) is 24.6 Å². The van der Waals surface area contributed by atoms with Gasteiger partial charge in [0.05, 0.1) is 11.6 Å². The van der Waals surface area contributed by atoms with E-state index in [1.165, 1.54) is 19.2 Å². The van der Waals surface area contributed by atoms with E-state index in [0.717, 1.165) is 30.4 Å². The minimum Gasteiger partial charge on any atom is -0.457 e. The van der Waals surface area contributed by atoms with E-state index < -0.39 is 0 Å². The second-order valence-electron chi connectivity index (χ2n) is 7.61. The number of hydrogen-bond donors (Lipinski definition) is 3. The average molecular weight is 460 g/mol. The maximum absolute atomic E-state index is 13.1. The number of benzene rings is 3. The molecule has 174 valence electrons. The van der Waals surface area contributed by atoms with Crippen LogP contribution in [0.15, 0.2) is 72.8 Å². The van der Waals surface area contributed by atoms with E-state index in [1.54, 1.807) is 24.3 Å². The molecule has 0 saturated carbocycles. The summed E-state index contributed by atoms with van der Waals surface area (Å²) in [5.41, 5.74) is 14.3. The van der Waals surface area contributed by atoms with Crippen LogP contribution in [0.25, 0.3) is 11.3 Å². The molecule has 0 bridgehead atoms. The summed E-state index contributed by atoms with van der Waals surface area (Å²) in [4.78, 5) is 12.0. The lowest BCUT2D eigenvalue weighted by atomic mass is 10.0. The van der Waals surface area contributed by atoms with Crippen molar-refractivity contribution in [2.24, 2.45) is 5.73 Å². The van der Waals surface area contributed by atoms with E-state index in [1.807, 2.05) is 41.1 Å². The predicted molar refractivity (Wildman–Crippen MR) is 132 cm³/mol. The summed E-state index contributed by atoms with van der Waals surface area (Å²) >= 11 is 0. The number of nitrogens with zero attached hydrogens (tertiary/aromatic N) is 2. The summed E-state index contributed by atoms with van der Waals surface area (Å²) in [5.74, 6) is 1.52. The van der Waals surface area contributed by atoms with Crippen LogP contribution in [0.4, 0.5) is 15.9 Å². The molecule has 7 nitrogen and oxygen atoms in total. The molecule has 1 unspecified atom stereocenters. The number of fused-ring (bicyclic) bond motifs is 1. The number of para-hydroxylation sites is 1. The van der Waals surface area contributed by atoms with Gasteiger partial charge in [0.2, 0.25) is 0 Å². The largest absolute Gasteiger partial charge is 0.457 e. The van der Waals surface area contributed by atoms with Crippen LogP contribution in [0.5, 0.6) is 11.5 Å². The smallest absolute Gasteiger partial charge is 0.156 e. The van der Waals surface area contributed by atoms with Crippen molar-refractivity contribution in [2.45, 2.75) is 12.5 Å². The summed E-state index contributed by atoms with van der Waals surface area (Å²) in [6.07, 6.45) is 1.64. The highest BCUT2D eigenvalue weighted by molar-refractivity contribution is 5.92. The van der Waals surface area contributed by atoms with Crippen molar-refractivity contribution in [3.05, 3.63) is 89.7 Å². The molecule has 2 heterocycles. The van der Waals surface area contributed by atoms with Gasteiger partial charge in [0.25, 0.3) is 0 Å². The molecule has 3 aromatic carbocycles. The van der Waals surface area contributed by atoms with Crippen LogP contribution in [0, 0.1) is 5.82 Å². The molecule has 0 radical (unpaired) electrons. The van der Waals surface area contributed by atoms with Crippen molar-refractivity contribution in [1.29, 1.82) is 0 Å². The third-order valence-corrected chi connectivity index (χ3v) is 5.60.